The molecule has 1 saturated carbocycles. The van der Waals surface area contributed by atoms with Crippen LogP contribution in [-0.4, -0.2) is 48.3 Å². The number of hydrogen-bond acceptors (Lipinski definition) is 5. The van der Waals surface area contributed by atoms with Crippen molar-refractivity contribution in [1.29, 1.82) is 0 Å². The molecule has 32 heavy (non-hydrogen) atoms. The summed E-state index contributed by atoms with van der Waals surface area (Å²) in [4.78, 5) is 22.7. The van der Waals surface area contributed by atoms with Crippen molar-refractivity contribution >= 4 is 29.0 Å². The predicted octanol–water partition coefficient (Wildman–Crippen LogP) is 3.11. The summed E-state index contributed by atoms with van der Waals surface area (Å²) in [5.41, 5.74) is 1.69. The Morgan fingerprint density at radius 1 is 1.41 bits per heavy atom. The van der Waals surface area contributed by atoms with Crippen LogP contribution >= 0.6 is 12.2 Å². The molecule has 3 fully saturated rings. The van der Waals surface area contributed by atoms with E-state index in [0.29, 0.717) is 46.7 Å². The van der Waals surface area contributed by atoms with Gasteiger partial charge in [0.1, 0.15) is 17.6 Å². The smallest absolute Gasteiger partial charge is 0.414 e. The van der Waals surface area contributed by atoms with E-state index in [2.05, 4.69) is 20.5 Å². The number of carbonyl (C=O) groups excluding carboxylic acids is 1. The SMILES string of the molecule is [C-]#[N+]C1(c2ccc(-c3ccc(N4C[C@H](CNC(C)=S)OC4=O)cc3F)cn2)[C@@H]2CNC[C@@H]21. The second-order valence-electron chi connectivity index (χ2n) is 8.46. The zero-order valence-electron chi connectivity index (χ0n) is 17.5. The summed E-state index contributed by atoms with van der Waals surface area (Å²) in [6.45, 7) is 11.9. The minimum absolute atomic E-state index is 0.307. The third-order valence-electron chi connectivity index (χ3n) is 6.62. The zero-order chi connectivity index (χ0) is 22.5. The van der Waals surface area contributed by atoms with Gasteiger partial charge in [-0.25, -0.2) is 15.8 Å². The molecule has 9 heteroatoms. The van der Waals surface area contributed by atoms with Gasteiger partial charge in [0.2, 0.25) is 0 Å². The molecule has 3 heterocycles. The van der Waals surface area contributed by atoms with Crippen LogP contribution in [0.5, 0.6) is 0 Å². The fourth-order valence-electron chi connectivity index (χ4n) is 4.91. The summed E-state index contributed by atoms with van der Waals surface area (Å²) < 4.78 is 20.3. The van der Waals surface area contributed by atoms with Gasteiger partial charge in [-0.1, -0.05) is 18.3 Å². The van der Waals surface area contributed by atoms with Crippen molar-refractivity contribution in [3.8, 4) is 11.1 Å². The van der Waals surface area contributed by atoms with Gasteiger partial charge in [0.15, 0.2) is 0 Å². The van der Waals surface area contributed by atoms with Gasteiger partial charge in [0.05, 0.1) is 35.6 Å². The number of thiocarbonyl (C=S) groups is 1. The Morgan fingerprint density at radius 3 is 2.81 bits per heavy atom. The molecule has 0 bridgehead atoms. The van der Waals surface area contributed by atoms with Crippen LogP contribution in [0.4, 0.5) is 14.9 Å². The summed E-state index contributed by atoms with van der Waals surface area (Å²) >= 11 is 4.98. The fourth-order valence-corrected chi connectivity index (χ4v) is 4.99. The second-order valence-corrected chi connectivity index (χ2v) is 9.07. The number of halogens is 1. The molecule has 164 valence electrons. The average Bonchev–Trinajstić information content (AvgIpc) is 3.09. The minimum atomic E-state index is -0.533. The van der Waals surface area contributed by atoms with Crippen LogP contribution in [0.1, 0.15) is 12.6 Å². The molecule has 5 rings (SSSR count). The molecule has 1 aliphatic carbocycles. The first kappa shape index (κ1) is 20.8. The Hall–Kier alpha value is -3.09. The standard InChI is InChI=1S/C23H22FN5O2S/c1-13(32)27-9-16-12-29(22(30)31-16)15-4-5-17(20(24)7-15)14-3-6-21(28-8-14)23(25-2)18-10-26-11-19(18)23/h3-8,16,18-19,26H,9-12H2,1H3,(H,27,32)/t16-,18-,19+,23?/m0/s1. The number of anilines is 1. The van der Waals surface area contributed by atoms with E-state index in [-0.39, 0.29) is 6.10 Å². The Kier molecular flexibility index (Phi) is 5.07. The molecule has 1 amide bonds. The monoisotopic (exact) mass is 451 g/mol. The normalized spacial score (nSPS) is 28.1. The maximum absolute atomic E-state index is 15.0. The van der Waals surface area contributed by atoms with Crippen LogP contribution in [-0.2, 0) is 10.3 Å². The van der Waals surface area contributed by atoms with Crippen molar-refractivity contribution in [2.24, 2.45) is 11.8 Å². The lowest BCUT2D eigenvalue weighted by Crippen LogP contribution is -2.32. The molecule has 1 aromatic heterocycles. The average molecular weight is 452 g/mol. The Balaban J connectivity index is 1.32. The third kappa shape index (κ3) is 3.31. The molecule has 0 radical (unpaired) electrons. The van der Waals surface area contributed by atoms with Gasteiger partial charge in [-0.05, 0) is 31.2 Å². The summed E-state index contributed by atoms with van der Waals surface area (Å²) in [6.07, 6.45) is 0.763. The maximum atomic E-state index is 15.0. The Labute approximate surface area is 190 Å². The van der Waals surface area contributed by atoms with Gasteiger partial charge >= 0.3 is 6.09 Å². The van der Waals surface area contributed by atoms with E-state index in [9.17, 15) is 9.18 Å². The van der Waals surface area contributed by atoms with Crippen molar-refractivity contribution in [3.63, 3.8) is 0 Å². The topological polar surface area (TPSA) is 70.8 Å². The predicted molar refractivity (Wildman–Crippen MR) is 122 cm³/mol. The van der Waals surface area contributed by atoms with E-state index >= 15 is 0 Å². The number of pyridine rings is 1. The second kappa shape index (κ2) is 7.80. The van der Waals surface area contributed by atoms with Gasteiger partial charge in [-0.2, -0.15) is 0 Å². The molecule has 2 N–H and O–H groups in total. The molecular formula is C23H22FN5O2S. The number of amides is 1. The lowest BCUT2D eigenvalue weighted by molar-refractivity contribution is 0.143. The minimum Gasteiger partial charge on any atom is -0.442 e. The van der Waals surface area contributed by atoms with Gasteiger partial charge in [0, 0.05) is 30.4 Å². The van der Waals surface area contributed by atoms with Crippen LogP contribution in [0.3, 0.4) is 0 Å². The molecule has 2 aliphatic heterocycles. The number of aromatic nitrogens is 1. The fraction of sp³-hybridized carbons (Fsp3) is 0.391. The van der Waals surface area contributed by atoms with Crippen molar-refractivity contribution in [1.82, 2.24) is 15.6 Å². The number of benzene rings is 1. The van der Waals surface area contributed by atoms with Crippen LogP contribution in [0.15, 0.2) is 36.5 Å². The maximum Gasteiger partial charge on any atom is 0.414 e. The first-order valence-corrected chi connectivity index (χ1v) is 10.9. The molecule has 0 spiro atoms. The number of piperidine rings is 1. The number of rotatable bonds is 5. The third-order valence-corrected chi connectivity index (χ3v) is 6.77. The number of cyclic esters (lactones) is 1. The largest absolute Gasteiger partial charge is 0.442 e. The van der Waals surface area contributed by atoms with Crippen LogP contribution in [0, 0.1) is 24.2 Å². The highest BCUT2D eigenvalue weighted by molar-refractivity contribution is 7.80. The summed E-state index contributed by atoms with van der Waals surface area (Å²) in [7, 11) is 0. The van der Waals surface area contributed by atoms with Crippen LogP contribution in [0.25, 0.3) is 16.0 Å². The van der Waals surface area contributed by atoms with Crippen molar-refractivity contribution in [2.45, 2.75) is 18.6 Å². The Morgan fingerprint density at radius 2 is 2.19 bits per heavy atom. The molecule has 1 aromatic carbocycles. The number of hydrogen-bond donors (Lipinski definition) is 2. The molecule has 1 unspecified atom stereocenters. The first-order valence-electron chi connectivity index (χ1n) is 10.5. The number of nitrogens with zero attached hydrogens (tertiary/aromatic N) is 3. The van der Waals surface area contributed by atoms with Crippen molar-refractivity contribution < 1.29 is 13.9 Å². The van der Waals surface area contributed by atoms with Crippen LogP contribution in [0.2, 0.25) is 0 Å². The van der Waals surface area contributed by atoms with E-state index in [1.54, 1.807) is 25.3 Å². The van der Waals surface area contributed by atoms with Gasteiger partial charge < -0.3 is 20.2 Å². The summed E-state index contributed by atoms with van der Waals surface area (Å²) in [6, 6.07) is 8.33. The number of nitrogens with one attached hydrogen (secondary N) is 2. The van der Waals surface area contributed by atoms with Gasteiger partial charge in [0.25, 0.3) is 5.54 Å². The van der Waals surface area contributed by atoms with E-state index in [1.807, 2.05) is 12.1 Å². The lowest BCUT2D eigenvalue weighted by Gasteiger charge is -2.15. The number of ether oxygens (including phenoxy) is 1. The molecular weight excluding hydrogens is 429 g/mol. The molecule has 2 aromatic rings. The number of carbonyl (C=O) groups is 1. The molecule has 7 nitrogen and oxygen atoms in total. The van der Waals surface area contributed by atoms with E-state index in [1.165, 1.54) is 11.0 Å². The van der Waals surface area contributed by atoms with E-state index in [0.717, 1.165) is 18.8 Å². The summed E-state index contributed by atoms with van der Waals surface area (Å²) in [5, 5.41) is 6.29. The van der Waals surface area contributed by atoms with Crippen LogP contribution < -0.4 is 15.5 Å². The summed E-state index contributed by atoms with van der Waals surface area (Å²) in [5.74, 6) is 0.163. The highest BCUT2D eigenvalue weighted by Gasteiger charge is 2.76. The highest BCUT2D eigenvalue weighted by atomic mass is 32.1. The lowest BCUT2D eigenvalue weighted by atomic mass is 10.0. The highest BCUT2D eigenvalue weighted by Crippen LogP contribution is 2.62. The van der Waals surface area contributed by atoms with E-state index < -0.39 is 17.4 Å². The van der Waals surface area contributed by atoms with Crippen molar-refractivity contribution in [3.05, 3.63) is 59.5 Å². The molecule has 4 atom stereocenters. The van der Waals surface area contributed by atoms with Gasteiger partial charge in [-0.15, -0.1) is 0 Å². The Bertz CT molecular complexity index is 1120. The van der Waals surface area contributed by atoms with Gasteiger partial charge in [-0.3, -0.25) is 9.88 Å². The quantitative estimate of drug-likeness (QED) is 0.538. The van der Waals surface area contributed by atoms with E-state index in [4.69, 9.17) is 23.5 Å². The molecule has 2 saturated heterocycles. The first-order chi connectivity index (χ1) is 15.4. The zero-order valence-corrected chi connectivity index (χ0v) is 18.3. The molecule has 3 aliphatic rings. The van der Waals surface area contributed by atoms with Crippen molar-refractivity contribution in [2.75, 3.05) is 31.1 Å². The number of fused-ring (bicyclic) bond motifs is 1.